The number of fused-ring (bicyclic) bond motifs is 4. The lowest BCUT2D eigenvalue weighted by molar-refractivity contribution is -0.119. The minimum absolute atomic E-state index is 0.0571. The molecule has 1 heterocycles. The fraction of sp³-hybridized carbons (Fsp3) is 0.256. The summed E-state index contributed by atoms with van der Waals surface area (Å²) in [5, 5.41) is 3.86. The standard InChI is InChI=1S/C39H37N3O2S/c43-33(40-35(29-16-6-2-7-17-29)30-18-8-3-9-19-30)27-45-38-41-36-32-21-11-10-20-31(32)26-39(23-12-13-24-39)34(36)37(44)42(38)25-22-28-14-4-1-5-15-28/h1-11,14-21,35H,12-13,22-27H2,(H,40,43). The van der Waals surface area contributed by atoms with Gasteiger partial charge in [0.1, 0.15) is 0 Å². The van der Waals surface area contributed by atoms with Crippen molar-refractivity contribution in [3.63, 3.8) is 0 Å². The zero-order chi connectivity index (χ0) is 30.6. The van der Waals surface area contributed by atoms with Crippen LogP contribution >= 0.6 is 11.8 Å². The molecule has 0 saturated heterocycles. The van der Waals surface area contributed by atoms with E-state index in [4.69, 9.17) is 4.98 Å². The minimum Gasteiger partial charge on any atom is -0.344 e. The van der Waals surface area contributed by atoms with E-state index in [1.54, 1.807) is 0 Å². The number of nitrogens with one attached hydrogen (secondary N) is 1. The first-order chi connectivity index (χ1) is 22.1. The molecule has 5 aromatic rings. The van der Waals surface area contributed by atoms with Crippen LogP contribution in [0.25, 0.3) is 11.3 Å². The van der Waals surface area contributed by atoms with Gasteiger partial charge in [-0.3, -0.25) is 14.2 Å². The second-order valence-electron chi connectivity index (χ2n) is 12.2. The van der Waals surface area contributed by atoms with Crippen LogP contribution in [0.3, 0.4) is 0 Å². The Hall–Kier alpha value is -4.42. The summed E-state index contributed by atoms with van der Waals surface area (Å²) in [4.78, 5) is 33.5. The van der Waals surface area contributed by atoms with Crippen molar-refractivity contribution in [2.75, 3.05) is 5.75 Å². The molecule has 4 aromatic carbocycles. The number of nitrogens with zero attached hydrogens (tertiary/aromatic N) is 2. The lowest BCUT2D eigenvalue weighted by Crippen LogP contribution is -2.40. The monoisotopic (exact) mass is 611 g/mol. The van der Waals surface area contributed by atoms with Gasteiger partial charge in [-0.1, -0.05) is 140 Å². The first-order valence-corrected chi connectivity index (χ1v) is 16.9. The average molecular weight is 612 g/mol. The van der Waals surface area contributed by atoms with Gasteiger partial charge in [0.15, 0.2) is 5.16 Å². The number of carbonyl (C=O) groups excluding carboxylic acids is 1. The number of hydrogen-bond acceptors (Lipinski definition) is 4. The van der Waals surface area contributed by atoms with Gasteiger partial charge in [-0.2, -0.15) is 0 Å². The van der Waals surface area contributed by atoms with E-state index in [0.717, 1.165) is 60.1 Å². The van der Waals surface area contributed by atoms with Crippen LogP contribution in [0.4, 0.5) is 0 Å². The van der Waals surface area contributed by atoms with Crippen LogP contribution in [0.1, 0.15) is 59.5 Å². The number of amides is 1. The molecule has 226 valence electrons. The largest absolute Gasteiger partial charge is 0.344 e. The topological polar surface area (TPSA) is 64.0 Å². The number of aromatic nitrogens is 2. The van der Waals surface area contributed by atoms with Crippen LogP contribution in [0.2, 0.25) is 0 Å². The fourth-order valence-corrected chi connectivity index (χ4v) is 8.05. The first kappa shape index (κ1) is 29.3. The molecule has 6 heteroatoms. The van der Waals surface area contributed by atoms with Gasteiger partial charge < -0.3 is 5.32 Å². The number of hydrogen-bond donors (Lipinski definition) is 1. The van der Waals surface area contributed by atoms with Gasteiger partial charge in [0.25, 0.3) is 5.56 Å². The predicted octanol–water partition coefficient (Wildman–Crippen LogP) is 7.52. The predicted molar refractivity (Wildman–Crippen MR) is 182 cm³/mol. The van der Waals surface area contributed by atoms with E-state index in [1.165, 1.54) is 22.9 Å². The zero-order valence-corrected chi connectivity index (χ0v) is 26.1. The molecule has 1 amide bonds. The van der Waals surface area contributed by atoms with Crippen LogP contribution in [0.5, 0.6) is 0 Å². The molecule has 0 bridgehead atoms. The molecule has 1 aromatic heterocycles. The molecule has 1 N–H and O–H groups in total. The summed E-state index contributed by atoms with van der Waals surface area (Å²) in [6, 6.07) is 38.5. The Kier molecular flexibility index (Phi) is 8.40. The van der Waals surface area contributed by atoms with Crippen molar-refractivity contribution in [3.8, 4) is 11.3 Å². The van der Waals surface area contributed by atoms with Crippen LogP contribution in [0, 0.1) is 0 Å². The molecule has 2 aliphatic rings. The van der Waals surface area contributed by atoms with Crippen LogP contribution < -0.4 is 10.9 Å². The third-order valence-electron chi connectivity index (χ3n) is 9.40. The highest BCUT2D eigenvalue weighted by Gasteiger charge is 2.44. The summed E-state index contributed by atoms with van der Waals surface area (Å²) in [5.41, 5.74) is 7.12. The van der Waals surface area contributed by atoms with Crippen molar-refractivity contribution in [2.24, 2.45) is 0 Å². The molecule has 0 radical (unpaired) electrons. The Morgan fingerprint density at radius 2 is 1.42 bits per heavy atom. The summed E-state index contributed by atoms with van der Waals surface area (Å²) < 4.78 is 1.85. The first-order valence-electron chi connectivity index (χ1n) is 15.9. The van der Waals surface area contributed by atoms with Crippen molar-refractivity contribution in [1.29, 1.82) is 0 Å². The quantitative estimate of drug-likeness (QED) is 0.138. The molecule has 0 aliphatic heterocycles. The van der Waals surface area contributed by atoms with Crippen molar-refractivity contribution >= 4 is 17.7 Å². The van der Waals surface area contributed by atoms with Gasteiger partial charge in [-0.05, 0) is 47.9 Å². The maximum absolute atomic E-state index is 14.6. The number of rotatable bonds is 9. The fourth-order valence-electron chi connectivity index (χ4n) is 7.22. The van der Waals surface area contributed by atoms with Gasteiger partial charge in [0, 0.05) is 17.5 Å². The highest BCUT2D eigenvalue weighted by Crippen LogP contribution is 2.50. The van der Waals surface area contributed by atoms with Crippen molar-refractivity contribution < 1.29 is 4.79 Å². The molecule has 7 rings (SSSR count). The lowest BCUT2D eigenvalue weighted by atomic mass is 9.68. The Morgan fingerprint density at radius 3 is 2.09 bits per heavy atom. The van der Waals surface area contributed by atoms with E-state index in [1.807, 2.05) is 89.5 Å². The summed E-state index contributed by atoms with van der Waals surface area (Å²) in [7, 11) is 0. The Labute approximate surface area is 268 Å². The molecule has 0 atom stereocenters. The van der Waals surface area contributed by atoms with Gasteiger partial charge in [-0.15, -0.1) is 0 Å². The second kappa shape index (κ2) is 12.9. The normalized spacial score (nSPS) is 14.7. The van der Waals surface area contributed by atoms with Gasteiger partial charge >= 0.3 is 0 Å². The number of benzene rings is 4. The minimum atomic E-state index is -0.272. The SMILES string of the molecule is O=C(CSc1nc2c(c(=O)n1CCc1ccccc1)C1(CCCC1)Cc1ccccc1-2)NC(c1ccccc1)c1ccccc1. The Morgan fingerprint density at radius 1 is 0.822 bits per heavy atom. The van der Waals surface area contributed by atoms with Gasteiger partial charge in [0.05, 0.1) is 23.1 Å². The number of carbonyl (C=O) groups is 1. The van der Waals surface area contributed by atoms with Gasteiger partial charge in [-0.25, -0.2) is 4.98 Å². The highest BCUT2D eigenvalue weighted by molar-refractivity contribution is 7.99. The van der Waals surface area contributed by atoms with E-state index < -0.39 is 0 Å². The highest BCUT2D eigenvalue weighted by atomic mass is 32.2. The zero-order valence-electron chi connectivity index (χ0n) is 25.3. The van der Waals surface area contributed by atoms with Crippen LogP contribution in [-0.2, 0) is 29.6 Å². The smallest absolute Gasteiger partial charge is 0.258 e. The summed E-state index contributed by atoms with van der Waals surface area (Å²) in [6.45, 7) is 0.515. The molecular formula is C39H37N3O2S. The third-order valence-corrected chi connectivity index (χ3v) is 10.4. The van der Waals surface area contributed by atoms with Crippen molar-refractivity contribution in [3.05, 3.63) is 153 Å². The molecule has 45 heavy (non-hydrogen) atoms. The Bertz CT molecular complexity index is 1810. The van der Waals surface area contributed by atoms with E-state index in [9.17, 15) is 9.59 Å². The maximum atomic E-state index is 14.6. The van der Waals surface area contributed by atoms with Crippen LogP contribution in [0.15, 0.2) is 125 Å². The van der Waals surface area contributed by atoms with Gasteiger partial charge in [0.2, 0.25) is 5.91 Å². The molecule has 1 spiro atoms. The summed E-state index contributed by atoms with van der Waals surface area (Å²) >= 11 is 1.36. The molecule has 1 saturated carbocycles. The van der Waals surface area contributed by atoms with Crippen LogP contribution in [-0.4, -0.2) is 21.2 Å². The average Bonchev–Trinajstić information content (AvgIpc) is 3.55. The Balaban J connectivity index is 1.24. The molecule has 2 aliphatic carbocycles. The molecule has 5 nitrogen and oxygen atoms in total. The molecular weight excluding hydrogens is 575 g/mol. The summed E-state index contributed by atoms with van der Waals surface area (Å²) in [5.74, 6) is 0.0476. The maximum Gasteiger partial charge on any atom is 0.258 e. The van der Waals surface area contributed by atoms with E-state index >= 15 is 0 Å². The lowest BCUT2D eigenvalue weighted by Gasteiger charge is -2.36. The number of thioether (sulfide) groups is 1. The van der Waals surface area contributed by atoms with E-state index in [2.05, 4.69) is 35.6 Å². The van der Waals surface area contributed by atoms with Crippen molar-refractivity contribution in [2.45, 2.75) is 61.7 Å². The third kappa shape index (κ3) is 5.99. The van der Waals surface area contributed by atoms with Crippen molar-refractivity contribution in [1.82, 2.24) is 14.9 Å². The summed E-state index contributed by atoms with van der Waals surface area (Å²) in [6.07, 6.45) is 5.89. The second-order valence-corrected chi connectivity index (χ2v) is 13.2. The molecule has 1 fully saturated rings. The van der Waals surface area contributed by atoms with E-state index in [0.29, 0.717) is 18.1 Å². The van der Waals surface area contributed by atoms with E-state index in [-0.39, 0.29) is 28.7 Å². The number of aryl methyl sites for hydroxylation is 1. The molecule has 0 unspecified atom stereocenters.